The summed E-state index contributed by atoms with van der Waals surface area (Å²) in [6.45, 7) is 5.86. The van der Waals surface area contributed by atoms with Crippen molar-refractivity contribution in [2.24, 2.45) is 0 Å². The van der Waals surface area contributed by atoms with Crippen molar-refractivity contribution in [2.45, 2.75) is 89.8 Å². The predicted octanol–water partition coefficient (Wildman–Crippen LogP) is 6.84. The lowest BCUT2D eigenvalue weighted by Crippen LogP contribution is -2.50. The number of phenols is 2. The summed E-state index contributed by atoms with van der Waals surface area (Å²) in [5, 5.41) is 43.8. The van der Waals surface area contributed by atoms with Gasteiger partial charge in [-0.15, -0.1) is 0 Å². The highest BCUT2D eigenvalue weighted by Crippen LogP contribution is 2.31. The summed E-state index contributed by atoms with van der Waals surface area (Å²) in [5.74, 6) is 1.73. The average molecular weight is 683 g/mol. The lowest BCUT2D eigenvalue weighted by Gasteiger charge is -2.36. The standard InChI is InChI=1S/C41H50N2O7/c1-3-5-23-49-35-19-11-31(12-20-35)27-42-37(25-29-7-15-33(44)16-8-29)39(46)40(47)38(26-30-9-17-34(45)18-10-30)43(41(42)48)28-32-13-21-36(22-14-32)50-24-6-4-2/h7-22,37-40,44-47H,3-6,23-28H2,1-2H3/t37-,38-,39+,40+/m1/s1. The normalized spacial score (nSPS) is 19.3. The minimum absolute atomic E-state index is 0.117. The zero-order valence-corrected chi connectivity index (χ0v) is 29.0. The predicted molar refractivity (Wildman–Crippen MR) is 193 cm³/mol. The summed E-state index contributed by atoms with van der Waals surface area (Å²) in [5.41, 5.74) is 3.31. The number of unbranched alkanes of at least 4 members (excludes halogenated alkanes) is 2. The summed E-state index contributed by atoms with van der Waals surface area (Å²) < 4.78 is 11.7. The Labute approximate surface area is 295 Å². The number of carbonyl (C=O) groups is 1. The van der Waals surface area contributed by atoms with Gasteiger partial charge in [0.05, 0.1) is 25.3 Å². The first-order chi connectivity index (χ1) is 24.2. The van der Waals surface area contributed by atoms with Crippen LogP contribution in [0, 0.1) is 0 Å². The van der Waals surface area contributed by atoms with Crippen molar-refractivity contribution >= 4 is 6.03 Å². The van der Waals surface area contributed by atoms with Gasteiger partial charge in [0.15, 0.2) is 0 Å². The van der Waals surface area contributed by atoms with Crippen LogP contribution < -0.4 is 9.47 Å². The molecule has 9 nitrogen and oxygen atoms in total. The quantitative estimate of drug-likeness (QED) is 0.0955. The summed E-state index contributed by atoms with van der Waals surface area (Å²) in [4.78, 5) is 18.3. The number of urea groups is 1. The van der Waals surface area contributed by atoms with E-state index in [1.807, 2.05) is 48.5 Å². The van der Waals surface area contributed by atoms with Crippen LogP contribution in [-0.2, 0) is 25.9 Å². The van der Waals surface area contributed by atoms with E-state index in [0.717, 1.165) is 59.4 Å². The van der Waals surface area contributed by atoms with Crippen molar-refractivity contribution in [3.05, 3.63) is 119 Å². The Morgan fingerprint density at radius 1 is 0.540 bits per heavy atom. The molecule has 1 aliphatic heterocycles. The SMILES string of the molecule is CCCCOc1ccc(CN2C(=O)N(Cc3ccc(OCCCC)cc3)[C@H](Cc3ccc(O)cc3)[C@H](O)[C@@H](O)[C@H]2Cc2ccc(O)cc2)cc1. The monoisotopic (exact) mass is 682 g/mol. The summed E-state index contributed by atoms with van der Waals surface area (Å²) in [6, 6.07) is 26.7. The Bertz CT molecular complexity index is 1490. The van der Waals surface area contributed by atoms with Gasteiger partial charge >= 0.3 is 6.03 Å². The van der Waals surface area contributed by atoms with Crippen LogP contribution in [-0.4, -0.2) is 73.8 Å². The van der Waals surface area contributed by atoms with Crippen molar-refractivity contribution in [1.29, 1.82) is 0 Å². The molecular formula is C41H50N2O7. The molecule has 4 aromatic carbocycles. The van der Waals surface area contributed by atoms with E-state index in [1.54, 1.807) is 58.3 Å². The molecule has 0 saturated carbocycles. The molecule has 0 aliphatic carbocycles. The Morgan fingerprint density at radius 3 is 1.22 bits per heavy atom. The second kappa shape index (κ2) is 17.8. The molecule has 2 amide bonds. The Kier molecular flexibility index (Phi) is 13.0. The van der Waals surface area contributed by atoms with Crippen molar-refractivity contribution in [3.63, 3.8) is 0 Å². The van der Waals surface area contributed by atoms with Crippen molar-refractivity contribution in [2.75, 3.05) is 13.2 Å². The minimum atomic E-state index is -1.30. The van der Waals surface area contributed by atoms with Crippen LogP contribution in [0.15, 0.2) is 97.1 Å². The molecule has 0 radical (unpaired) electrons. The van der Waals surface area contributed by atoms with Crippen LogP contribution in [0.25, 0.3) is 0 Å². The molecule has 1 fully saturated rings. The van der Waals surface area contributed by atoms with E-state index in [4.69, 9.17) is 9.47 Å². The molecule has 1 aliphatic rings. The van der Waals surface area contributed by atoms with Crippen LogP contribution in [0.5, 0.6) is 23.0 Å². The topological polar surface area (TPSA) is 123 Å². The van der Waals surface area contributed by atoms with Crippen LogP contribution in [0.3, 0.4) is 0 Å². The van der Waals surface area contributed by atoms with E-state index in [-0.39, 0.29) is 43.5 Å². The molecule has 1 saturated heterocycles. The van der Waals surface area contributed by atoms with Gasteiger partial charge in [-0.2, -0.15) is 0 Å². The number of carbonyl (C=O) groups excluding carboxylic acids is 1. The van der Waals surface area contributed by atoms with Gasteiger partial charge in [0.1, 0.15) is 35.2 Å². The van der Waals surface area contributed by atoms with Gasteiger partial charge in [0, 0.05) is 13.1 Å². The third kappa shape index (κ3) is 9.70. The van der Waals surface area contributed by atoms with Crippen LogP contribution in [0.1, 0.15) is 61.8 Å². The van der Waals surface area contributed by atoms with Crippen LogP contribution in [0.4, 0.5) is 4.79 Å². The van der Waals surface area contributed by atoms with E-state index in [0.29, 0.717) is 13.2 Å². The number of rotatable bonds is 16. The molecule has 4 aromatic rings. The second-order valence-electron chi connectivity index (χ2n) is 13.1. The molecule has 0 unspecified atom stereocenters. The van der Waals surface area contributed by atoms with E-state index >= 15 is 0 Å². The Balaban J connectivity index is 1.51. The fourth-order valence-electron chi connectivity index (χ4n) is 6.30. The molecule has 9 heteroatoms. The third-order valence-corrected chi connectivity index (χ3v) is 9.28. The zero-order valence-electron chi connectivity index (χ0n) is 29.0. The van der Waals surface area contributed by atoms with Gasteiger partial charge in [-0.05, 0) is 96.5 Å². The second-order valence-corrected chi connectivity index (χ2v) is 13.1. The van der Waals surface area contributed by atoms with Crippen molar-refractivity contribution < 1.29 is 34.7 Å². The maximum absolute atomic E-state index is 14.9. The number of benzene rings is 4. The molecule has 0 aromatic heterocycles. The van der Waals surface area contributed by atoms with Gasteiger partial charge in [0.2, 0.25) is 0 Å². The molecule has 1 heterocycles. The number of amides is 2. The largest absolute Gasteiger partial charge is 0.508 e. The van der Waals surface area contributed by atoms with Gasteiger partial charge in [0.25, 0.3) is 0 Å². The minimum Gasteiger partial charge on any atom is -0.508 e. The molecule has 266 valence electrons. The Morgan fingerprint density at radius 2 is 0.880 bits per heavy atom. The average Bonchev–Trinajstić information content (AvgIpc) is 3.18. The molecule has 4 atom stereocenters. The fraction of sp³-hybridized carbons (Fsp3) is 0.390. The Hall–Kier alpha value is -4.73. The molecular weight excluding hydrogens is 632 g/mol. The van der Waals surface area contributed by atoms with Crippen LogP contribution in [0.2, 0.25) is 0 Å². The number of phenolic OH excluding ortho intramolecular Hbond substituents is 2. The third-order valence-electron chi connectivity index (χ3n) is 9.28. The lowest BCUT2D eigenvalue weighted by atomic mass is 9.90. The summed E-state index contributed by atoms with van der Waals surface area (Å²) in [7, 11) is 0. The van der Waals surface area contributed by atoms with Gasteiger partial charge in [-0.3, -0.25) is 0 Å². The zero-order chi connectivity index (χ0) is 35.5. The highest BCUT2D eigenvalue weighted by Gasteiger charge is 2.46. The van der Waals surface area contributed by atoms with E-state index in [9.17, 15) is 25.2 Å². The lowest BCUT2D eigenvalue weighted by molar-refractivity contribution is -0.0408. The highest BCUT2D eigenvalue weighted by atomic mass is 16.5. The summed E-state index contributed by atoms with van der Waals surface area (Å²) in [6.07, 6.45) is 1.90. The number of aromatic hydroxyl groups is 2. The number of hydrogen-bond acceptors (Lipinski definition) is 7. The van der Waals surface area contributed by atoms with Crippen LogP contribution >= 0.6 is 0 Å². The molecule has 4 N–H and O–H groups in total. The van der Waals surface area contributed by atoms with Crippen molar-refractivity contribution in [3.8, 4) is 23.0 Å². The molecule has 0 spiro atoms. The maximum Gasteiger partial charge on any atom is 0.321 e. The number of aliphatic hydroxyl groups excluding tert-OH is 2. The molecule has 5 rings (SSSR count). The fourth-order valence-corrected chi connectivity index (χ4v) is 6.30. The molecule has 0 bridgehead atoms. The highest BCUT2D eigenvalue weighted by molar-refractivity contribution is 5.76. The van der Waals surface area contributed by atoms with E-state index in [1.165, 1.54) is 0 Å². The maximum atomic E-state index is 14.9. The first kappa shape index (κ1) is 36.5. The first-order valence-electron chi connectivity index (χ1n) is 17.7. The van der Waals surface area contributed by atoms with Gasteiger partial charge in [-0.25, -0.2) is 4.79 Å². The first-order valence-corrected chi connectivity index (χ1v) is 17.7. The number of ether oxygens (including phenoxy) is 2. The van der Waals surface area contributed by atoms with Gasteiger partial charge in [-0.1, -0.05) is 75.2 Å². The number of hydrogen-bond donors (Lipinski definition) is 4. The van der Waals surface area contributed by atoms with Gasteiger partial charge < -0.3 is 39.7 Å². The number of aliphatic hydroxyl groups is 2. The smallest absolute Gasteiger partial charge is 0.321 e. The van der Waals surface area contributed by atoms with E-state index < -0.39 is 24.3 Å². The number of nitrogens with zero attached hydrogens (tertiary/aromatic N) is 2. The summed E-state index contributed by atoms with van der Waals surface area (Å²) >= 11 is 0. The molecule has 50 heavy (non-hydrogen) atoms. The van der Waals surface area contributed by atoms with E-state index in [2.05, 4.69) is 13.8 Å². The van der Waals surface area contributed by atoms with Crippen molar-refractivity contribution in [1.82, 2.24) is 9.80 Å².